The Morgan fingerprint density at radius 1 is 0.886 bits per heavy atom. The molecule has 0 saturated heterocycles. The first-order valence-corrected chi connectivity index (χ1v) is 11.7. The number of nitrogens with zero attached hydrogens (tertiary/aromatic N) is 1. The quantitative estimate of drug-likeness (QED) is 0.242. The second kappa shape index (κ2) is 11.5. The van der Waals surface area contributed by atoms with Gasteiger partial charge in [-0.05, 0) is 56.9 Å². The molecule has 0 unspecified atom stereocenters. The van der Waals surface area contributed by atoms with Gasteiger partial charge in [0.2, 0.25) is 0 Å². The maximum Gasteiger partial charge on any atom is 0.307 e. The molecule has 0 amide bonds. The van der Waals surface area contributed by atoms with Crippen molar-refractivity contribution in [2.24, 2.45) is 0 Å². The average Bonchev–Trinajstić information content (AvgIpc) is 2.80. The molecule has 2 atom stereocenters. The van der Waals surface area contributed by atoms with Crippen LogP contribution in [-0.2, 0) is 22.5 Å². The lowest BCUT2D eigenvalue weighted by Crippen LogP contribution is -2.41. The zero-order chi connectivity index (χ0) is 25.6. The standard InChI is InChI=1S/C29H32F3NO2/c1-20(22-13-9-6-10-14-22)33(19-21-11-7-5-8-12-21)24(17-28(34)35-29(2,3)4)15-23-16-26(31)27(32)18-25(23)30/h5-14,16,18,20,24H,15,17,19H2,1-4H3/t20-,24-/m1/s1. The van der Waals surface area contributed by atoms with E-state index in [1.54, 1.807) is 20.8 Å². The van der Waals surface area contributed by atoms with Gasteiger partial charge in [-0.15, -0.1) is 0 Å². The monoisotopic (exact) mass is 483 g/mol. The first-order chi connectivity index (χ1) is 16.5. The molecule has 3 nitrogen and oxygen atoms in total. The van der Waals surface area contributed by atoms with E-state index in [4.69, 9.17) is 4.74 Å². The smallest absolute Gasteiger partial charge is 0.307 e. The van der Waals surface area contributed by atoms with Crippen LogP contribution in [0.5, 0.6) is 0 Å². The summed E-state index contributed by atoms with van der Waals surface area (Å²) in [7, 11) is 0. The van der Waals surface area contributed by atoms with Crippen molar-refractivity contribution in [3.8, 4) is 0 Å². The van der Waals surface area contributed by atoms with Crippen molar-refractivity contribution in [2.45, 2.75) is 64.8 Å². The van der Waals surface area contributed by atoms with Crippen molar-refractivity contribution >= 4 is 5.97 Å². The third-order valence-corrected chi connectivity index (χ3v) is 5.82. The van der Waals surface area contributed by atoms with Crippen molar-refractivity contribution in [3.63, 3.8) is 0 Å². The number of rotatable bonds is 9. The minimum atomic E-state index is -1.24. The maximum absolute atomic E-state index is 14.7. The zero-order valence-corrected chi connectivity index (χ0v) is 20.6. The van der Waals surface area contributed by atoms with Gasteiger partial charge in [-0.1, -0.05) is 60.7 Å². The Labute approximate surface area is 205 Å². The van der Waals surface area contributed by atoms with Gasteiger partial charge in [0, 0.05) is 24.7 Å². The van der Waals surface area contributed by atoms with Crippen LogP contribution >= 0.6 is 0 Å². The Kier molecular flexibility index (Phi) is 8.73. The van der Waals surface area contributed by atoms with E-state index in [1.807, 2.05) is 67.6 Å². The van der Waals surface area contributed by atoms with Gasteiger partial charge < -0.3 is 4.74 Å². The Morgan fingerprint density at radius 3 is 2.06 bits per heavy atom. The van der Waals surface area contributed by atoms with Gasteiger partial charge in [-0.3, -0.25) is 9.69 Å². The minimum Gasteiger partial charge on any atom is -0.460 e. The molecule has 0 aliphatic carbocycles. The summed E-state index contributed by atoms with van der Waals surface area (Å²) >= 11 is 0. The molecular formula is C29H32F3NO2. The zero-order valence-electron chi connectivity index (χ0n) is 20.6. The summed E-state index contributed by atoms with van der Waals surface area (Å²) in [6.45, 7) is 7.83. The number of halogens is 3. The SMILES string of the molecule is C[C@H](c1ccccc1)N(Cc1ccccc1)[C@@H](CC(=O)OC(C)(C)C)Cc1cc(F)c(F)cc1F. The lowest BCUT2D eigenvalue weighted by atomic mass is 9.96. The van der Waals surface area contributed by atoms with Gasteiger partial charge in [0.1, 0.15) is 11.4 Å². The van der Waals surface area contributed by atoms with Crippen LogP contribution in [0.25, 0.3) is 0 Å². The number of benzene rings is 3. The van der Waals surface area contributed by atoms with Crippen molar-refractivity contribution in [1.29, 1.82) is 0 Å². The number of carbonyl (C=O) groups excluding carboxylic acids is 1. The third kappa shape index (κ3) is 7.69. The molecule has 0 fully saturated rings. The minimum absolute atomic E-state index is 0.00623. The van der Waals surface area contributed by atoms with Crippen LogP contribution < -0.4 is 0 Å². The molecule has 0 saturated carbocycles. The molecule has 0 aliphatic heterocycles. The predicted molar refractivity (Wildman–Crippen MR) is 131 cm³/mol. The summed E-state index contributed by atoms with van der Waals surface area (Å²) in [4.78, 5) is 15.0. The Balaban J connectivity index is 2.03. The molecule has 35 heavy (non-hydrogen) atoms. The van der Waals surface area contributed by atoms with Gasteiger partial charge in [0.05, 0.1) is 6.42 Å². The second-order valence-corrected chi connectivity index (χ2v) is 9.75. The van der Waals surface area contributed by atoms with Gasteiger partial charge in [-0.25, -0.2) is 13.2 Å². The molecular weight excluding hydrogens is 451 g/mol. The number of carbonyl (C=O) groups is 1. The lowest BCUT2D eigenvalue weighted by Gasteiger charge is -2.37. The van der Waals surface area contributed by atoms with Gasteiger partial charge in [0.25, 0.3) is 0 Å². The van der Waals surface area contributed by atoms with Crippen LogP contribution in [0.2, 0.25) is 0 Å². The number of ether oxygens (including phenoxy) is 1. The van der Waals surface area contributed by atoms with Crippen molar-refractivity contribution in [1.82, 2.24) is 4.90 Å². The summed E-state index contributed by atoms with van der Waals surface area (Å²) in [5, 5.41) is 0. The van der Waals surface area contributed by atoms with Crippen LogP contribution in [0, 0.1) is 17.5 Å². The Morgan fingerprint density at radius 2 is 1.46 bits per heavy atom. The van der Waals surface area contributed by atoms with Crippen LogP contribution in [0.4, 0.5) is 13.2 Å². The highest BCUT2D eigenvalue weighted by atomic mass is 19.2. The molecule has 0 aliphatic rings. The largest absolute Gasteiger partial charge is 0.460 e. The molecule has 0 N–H and O–H groups in total. The second-order valence-electron chi connectivity index (χ2n) is 9.75. The number of esters is 1. The molecule has 0 heterocycles. The molecule has 0 aromatic heterocycles. The summed E-state index contributed by atoms with van der Waals surface area (Å²) in [6, 6.07) is 20.2. The van der Waals surface area contributed by atoms with E-state index in [0.717, 1.165) is 17.2 Å². The van der Waals surface area contributed by atoms with Crippen molar-refractivity contribution < 1.29 is 22.7 Å². The third-order valence-electron chi connectivity index (χ3n) is 5.82. The summed E-state index contributed by atoms with van der Waals surface area (Å²) in [5.74, 6) is -3.65. The normalized spacial score (nSPS) is 13.5. The topological polar surface area (TPSA) is 29.5 Å². The van der Waals surface area contributed by atoms with E-state index in [2.05, 4.69) is 4.90 Å². The summed E-state index contributed by atoms with van der Waals surface area (Å²) in [5.41, 5.74) is 1.35. The molecule has 3 aromatic carbocycles. The molecule has 186 valence electrons. The van der Waals surface area contributed by atoms with Crippen LogP contribution in [0.1, 0.15) is 56.8 Å². The van der Waals surface area contributed by atoms with Crippen molar-refractivity contribution in [3.05, 3.63) is 107 Å². The molecule has 0 bridgehead atoms. The van der Waals surface area contributed by atoms with E-state index >= 15 is 0 Å². The fraction of sp³-hybridized carbons (Fsp3) is 0.345. The van der Waals surface area contributed by atoms with Crippen molar-refractivity contribution in [2.75, 3.05) is 0 Å². The average molecular weight is 484 g/mol. The highest BCUT2D eigenvalue weighted by Crippen LogP contribution is 2.29. The maximum atomic E-state index is 14.7. The number of hydrogen-bond acceptors (Lipinski definition) is 3. The van der Waals surface area contributed by atoms with E-state index in [9.17, 15) is 18.0 Å². The molecule has 6 heteroatoms. The summed E-state index contributed by atoms with van der Waals surface area (Å²) < 4.78 is 47.9. The van der Waals surface area contributed by atoms with E-state index in [1.165, 1.54) is 0 Å². The van der Waals surface area contributed by atoms with Gasteiger partial charge in [-0.2, -0.15) is 0 Å². The first-order valence-electron chi connectivity index (χ1n) is 11.7. The first kappa shape index (κ1) is 26.5. The van der Waals surface area contributed by atoms with E-state index in [-0.39, 0.29) is 24.4 Å². The fourth-order valence-electron chi connectivity index (χ4n) is 4.16. The van der Waals surface area contributed by atoms with E-state index < -0.39 is 35.1 Å². The Hall–Kier alpha value is -3.12. The fourth-order valence-corrected chi connectivity index (χ4v) is 4.16. The van der Waals surface area contributed by atoms with Crippen LogP contribution in [0.15, 0.2) is 72.8 Å². The summed E-state index contributed by atoms with van der Waals surface area (Å²) in [6.07, 6.45) is -0.0357. The lowest BCUT2D eigenvalue weighted by molar-refractivity contribution is -0.156. The van der Waals surface area contributed by atoms with E-state index in [0.29, 0.717) is 12.6 Å². The van der Waals surface area contributed by atoms with Gasteiger partial charge in [0.15, 0.2) is 11.6 Å². The van der Waals surface area contributed by atoms with Gasteiger partial charge >= 0.3 is 5.97 Å². The highest BCUT2D eigenvalue weighted by molar-refractivity contribution is 5.70. The molecule has 3 aromatic rings. The predicted octanol–water partition coefficient (Wildman–Crippen LogP) is 7.01. The molecule has 0 radical (unpaired) electrons. The number of hydrogen-bond donors (Lipinski definition) is 0. The Bertz CT molecular complexity index is 1110. The van der Waals surface area contributed by atoms with Crippen LogP contribution in [0.3, 0.4) is 0 Å². The molecule has 3 rings (SSSR count). The molecule has 0 spiro atoms. The highest BCUT2D eigenvalue weighted by Gasteiger charge is 2.30. The van der Waals surface area contributed by atoms with Crippen LogP contribution in [-0.4, -0.2) is 22.5 Å².